The number of amides is 1. The number of anilines is 1. The van der Waals surface area contributed by atoms with Gasteiger partial charge in [-0.1, -0.05) is 31.0 Å². The van der Waals surface area contributed by atoms with E-state index in [0.717, 1.165) is 24.2 Å². The Kier molecular flexibility index (Phi) is 4.58. The van der Waals surface area contributed by atoms with E-state index in [1.165, 1.54) is 19.1 Å². The zero-order chi connectivity index (χ0) is 17.9. The van der Waals surface area contributed by atoms with Crippen molar-refractivity contribution in [2.75, 3.05) is 5.32 Å². The Morgan fingerprint density at radius 1 is 1.23 bits per heavy atom. The molecule has 6 nitrogen and oxygen atoms in total. The third-order valence-corrected chi connectivity index (χ3v) is 4.86. The summed E-state index contributed by atoms with van der Waals surface area (Å²) in [6, 6.07) is 13.5. The number of nitrogens with two attached hydrogens (primary N) is 1. The normalized spacial score (nSPS) is 14.7. The highest BCUT2D eigenvalue weighted by Crippen LogP contribution is 2.35. The van der Waals surface area contributed by atoms with Gasteiger partial charge in [0.1, 0.15) is 17.8 Å². The van der Waals surface area contributed by atoms with Gasteiger partial charge in [-0.05, 0) is 31.0 Å². The van der Waals surface area contributed by atoms with Gasteiger partial charge in [-0.2, -0.15) is 5.10 Å². The fourth-order valence-electron chi connectivity index (χ4n) is 3.47. The van der Waals surface area contributed by atoms with Crippen molar-refractivity contribution in [2.45, 2.75) is 38.1 Å². The van der Waals surface area contributed by atoms with Crippen molar-refractivity contribution >= 4 is 11.7 Å². The summed E-state index contributed by atoms with van der Waals surface area (Å²) in [5.74, 6) is 1.48. The summed E-state index contributed by atoms with van der Waals surface area (Å²) >= 11 is 0. The molecule has 0 atom stereocenters. The molecule has 0 bridgehead atoms. The SMILES string of the molecule is NCc1cc(C(=O)Nc2cc(C3CCCC3)nn2-c2ccccc2)co1. The molecule has 0 spiro atoms. The number of hydrogen-bond acceptors (Lipinski definition) is 4. The highest BCUT2D eigenvalue weighted by Gasteiger charge is 2.23. The van der Waals surface area contributed by atoms with Crippen LogP contribution in [-0.2, 0) is 6.54 Å². The number of aromatic nitrogens is 2. The standard InChI is InChI=1S/C20H22N4O2/c21-12-17-10-15(13-26-17)20(25)22-19-11-18(14-6-4-5-7-14)23-24(19)16-8-2-1-3-9-16/h1-3,8-11,13-14H,4-7,12,21H2,(H,22,25). The van der Waals surface area contributed by atoms with E-state index in [-0.39, 0.29) is 12.5 Å². The van der Waals surface area contributed by atoms with E-state index < -0.39 is 0 Å². The van der Waals surface area contributed by atoms with E-state index in [0.29, 0.717) is 23.1 Å². The molecule has 3 N–H and O–H groups in total. The minimum atomic E-state index is -0.233. The van der Waals surface area contributed by atoms with E-state index in [1.807, 2.05) is 36.4 Å². The highest BCUT2D eigenvalue weighted by molar-refractivity contribution is 6.03. The Labute approximate surface area is 152 Å². The monoisotopic (exact) mass is 350 g/mol. The molecule has 0 aliphatic heterocycles. The van der Waals surface area contributed by atoms with Gasteiger partial charge in [0.25, 0.3) is 5.91 Å². The van der Waals surface area contributed by atoms with Crippen LogP contribution < -0.4 is 11.1 Å². The predicted molar refractivity (Wildman–Crippen MR) is 99.3 cm³/mol. The third-order valence-electron chi connectivity index (χ3n) is 4.86. The maximum atomic E-state index is 12.6. The molecule has 1 aromatic carbocycles. The number of nitrogens with zero attached hydrogens (tertiary/aromatic N) is 2. The number of furan rings is 1. The van der Waals surface area contributed by atoms with E-state index in [4.69, 9.17) is 15.2 Å². The quantitative estimate of drug-likeness (QED) is 0.732. The first-order chi connectivity index (χ1) is 12.7. The van der Waals surface area contributed by atoms with Gasteiger partial charge in [-0.3, -0.25) is 4.79 Å². The molecule has 0 unspecified atom stereocenters. The van der Waals surface area contributed by atoms with Crippen LogP contribution >= 0.6 is 0 Å². The van der Waals surface area contributed by atoms with Crippen molar-refractivity contribution in [2.24, 2.45) is 5.73 Å². The molecule has 134 valence electrons. The van der Waals surface area contributed by atoms with Crippen LogP contribution in [0.5, 0.6) is 0 Å². The number of nitrogens with one attached hydrogen (secondary N) is 1. The number of rotatable bonds is 5. The minimum Gasteiger partial charge on any atom is -0.467 e. The summed E-state index contributed by atoms with van der Waals surface area (Å²) in [6.07, 6.45) is 6.21. The summed E-state index contributed by atoms with van der Waals surface area (Å²) in [6.45, 7) is 0.265. The largest absolute Gasteiger partial charge is 0.467 e. The molecule has 1 aliphatic carbocycles. The average Bonchev–Trinajstić information content (AvgIpc) is 3.42. The smallest absolute Gasteiger partial charge is 0.260 e. The summed E-state index contributed by atoms with van der Waals surface area (Å²) in [5.41, 5.74) is 7.96. The lowest BCUT2D eigenvalue weighted by molar-refractivity contribution is 0.102. The van der Waals surface area contributed by atoms with Crippen molar-refractivity contribution in [3.8, 4) is 5.69 Å². The van der Waals surface area contributed by atoms with Crippen LogP contribution in [0.4, 0.5) is 5.82 Å². The molecule has 1 saturated carbocycles. The lowest BCUT2D eigenvalue weighted by atomic mass is 10.0. The zero-order valence-corrected chi connectivity index (χ0v) is 14.5. The van der Waals surface area contributed by atoms with Crippen molar-refractivity contribution in [3.05, 3.63) is 65.7 Å². The van der Waals surface area contributed by atoms with Crippen LogP contribution in [0.3, 0.4) is 0 Å². The van der Waals surface area contributed by atoms with Crippen LogP contribution in [0.1, 0.15) is 53.4 Å². The number of carbonyl (C=O) groups excluding carboxylic acids is 1. The van der Waals surface area contributed by atoms with Crippen LogP contribution in [-0.4, -0.2) is 15.7 Å². The minimum absolute atomic E-state index is 0.233. The molecule has 6 heteroatoms. The molecule has 0 saturated heterocycles. The fourth-order valence-corrected chi connectivity index (χ4v) is 3.47. The molecular weight excluding hydrogens is 328 g/mol. The van der Waals surface area contributed by atoms with Gasteiger partial charge in [0, 0.05) is 12.0 Å². The molecule has 1 fully saturated rings. The Morgan fingerprint density at radius 2 is 2.00 bits per heavy atom. The second-order valence-corrected chi connectivity index (χ2v) is 6.64. The molecule has 1 amide bonds. The van der Waals surface area contributed by atoms with Crippen molar-refractivity contribution < 1.29 is 9.21 Å². The Morgan fingerprint density at radius 3 is 2.69 bits per heavy atom. The molecule has 3 aromatic rings. The van der Waals surface area contributed by atoms with E-state index in [1.54, 1.807) is 10.7 Å². The molecule has 2 aromatic heterocycles. The van der Waals surface area contributed by atoms with Gasteiger partial charge in [-0.15, -0.1) is 0 Å². The van der Waals surface area contributed by atoms with Crippen LogP contribution in [0, 0.1) is 0 Å². The van der Waals surface area contributed by atoms with Crippen LogP contribution in [0.15, 0.2) is 53.1 Å². The fraction of sp³-hybridized carbons (Fsp3) is 0.300. The first-order valence-electron chi connectivity index (χ1n) is 8.99. The number of hydrogen-bond donors (Lipinski definition) is 2. The summed E-state index contributed by atoms with van der Waals surface area (Å²) in [7, 11) is 0. The first-order valence-corrected chi connectivity index (χ1v) is 8.99. The Hall–Kier alpha value is -2.86. The lowest BCUT2D eigenvalue weighted by Gasteiger charge is -2.08. The molecule has 2 heterocycles. The Balaban J connectivity index is 1.65. The second kappa shape index (κ2) is 7.17. The average molecular weight is 350 g/mol. The molecule has 0 radical (unpaired) electrons. The molecule has 1 aliphatic rings. The van der Waals surface area contributed by atoms with Crippen LogP contribution in [0.25, 0.3) is 5.69 Å². The molecule has 4 rings (SSSR count). The van der Waals surface area contributed by atoms with Crippen LogP contribution in [0.2, 0.25) is 0 Å². The van der Waals surface area contributed by atoms with Crippen molar-refractivity contribution in [3.63, 3.8) is 0 Å². The summed E-state index contributed by atoms with van der Waals surface area (Å²) < 4.78 is 7.07. The number of carbonyl (C=O) groups is 1. The van der Waals surface area contributed by atoms with Crippen molar-refractivity contribution in [1.29, 1.82) is 0 Å². The number of para-hydroxylation sites is 1. The zero-order valence-electron chi connectivity index (χ0n) is 14.5. The summed E-state index contributed by atoms with van der Waals surface area (Å²) in [5, 5.41) is 7.76. The van der Waals surface area contributed by atoms with Gasteiger partial charge in [-0.25, -0.2) is 4.68 Å². The maximum absolute atomic E-state index is 12.6. The topological polar surface area (TPSA) is 86.1 Å². The van der Waals surface area contributed by atoms with Gasteiger partial charge < -0.3 is 15.5 Å². The lowest BCUT2D eigenvalue weighted by Crippen LogP contribution is -2.14. The van der Waals surface area contributed by atoms with Gasteiger partial charge in [0.15, 0.2) is 0 Å². The third kappa shape index (κ3) is 3.28. The summed E-state index contributed by atoms with van der Waals surface area (Å²) in [4.78, 5) is 12.6. The molecule has 26 heavy (non-hydrogen) atoms. The first kappa shape index (κ1) is 16.6. The highest BCUT2D eigenvalue weighted by atomic mass is 16.3. The number of benzene rings is 1. The van der Waals surface area contributed by atoms with Crippen molar-refractivity contribution in [1.82, 2.24) is 9.78 Å². The van der Waals surface area contributed by atoms with E-state index in [9.17, 15) is 4.79 Å². The van der Waals surface area contributed by atoms with Gasteiger partial charge >= 0.3 is 0 Å². The predicted octanol–water partition coefficient (Wildman–Crippen LogP) is 3.83. The van der Waals surface area contributed by atoms with Gasteiger partial charge in [0.05, 0.1) is 23.5 Å². The van der Waals surface area contributed by atoms with E-state index in [2.05, 4.69) is 5.32 Å². The second-order valence-electron chi connectivity index (χ2n) is 6.64. The Bertz CT molecular complexity index is 892. The van der Waals surface area contributed by atoms with E-state index >= 15 is 0 Å². The maximum Gasteiger partial charge on any atom is 0.260 e. The van der Waals surface area contributed by atoms with Gasteiger partial charge in [0.2, 0.25) is 0 Å². The molecular formula is C20H22N4O2.